The molecular weight excluding hydrogens is 244 g/mol. The van der Waals surface area contributed by atoms with E-state index < -0.39 is 0 Å². The molecule has 0 amide bonds. The van der Waals surface area contributed by atoms with Crippen LogP contribution in [0, 0.1) is 0 Å². The molecule has 14 heavy (non-hydrogen) atoms. The summed E-state index contributed by atoms with van der Waals surface area (Å²) >= 11 is 3.41. The third-order valence-corrected chi connectivity index (χ3v) is 2.61. The minimum Gasteiger partial charge on any atom is -0.397 e. The van der Waals surface area contributed by atoms with Gasteiger partial charge in [0.2, 0.25) is 0 Å². The number of halogens is 1. The lowest BCUT2D eigenvalue weighted by Gasteiger charge is -2.04. The van der Waals surface area contributed by atoms with E-state index in [0.717, 1.165) is 15.9 Å². The van der Waals surface area contributed by atoms with Gasteiger partial charge in [0.25, 0.3) is 0 Å². The van der Waals surface area contributed by atoms with Crippen LogP contribution in [0.4, 0.5) is 5.69 Å². The molecule has 0 spiro atoms. The normalized spacial score (nSPS) is 11.4. The predicted octanol–water partition coefficient (Wildman–Crippen LogP) is 2.20. The summed E-state index contributed by atoms with van der Waals surface area (Å²) in [4.78, 5) is 0. The van der Waals surface area contributed by atoms with Crippen molar-refractivity contribution < 1.29 is 0 Å². The van der Waals surface area contributed by atoms with Crippen molar-refractivity contribution in [2.24, 2.45) is 0 Å². The second kappa shape index (κ2) is 3.24. The van der Waals surface area contributed by atoms with Gasteiger partial charge in [0, 0.05) is 17.8 Å². The molecule has 0 aliphatic heterocycles. The van der Waals surface area contributed by atoms with Gasteiger partial charge in [-0.15, -0.1) is 10.2 Å². The average Bonchev–Trinajstić information content (AvgIpc) is 2.47. The molecule has 0 aliphatic rings. The van der Waals surface area contributed by atoms with E-state index in [2.05, 4.69) is 40.0 Å². The first-order chi connectivity index (χ1) is 6.59. The smallest absolute Gasteiger partial charge is 0.175 e. The predicted molar refractivity (Wildman–Crippen MR) is 59.2 cm³/mol. The van der Waals surface area contributed by atoms with Crippen LogP contribution in [-0.4, -0.2) is 14.6 Å². The Morgan fingerprint density at radius 2 is 2.14 bits per heavy atom. The Morgan fingerprint density at radius 1 is 1.43 bits per heavy atom. The third-order valence-electron chi connectivity index (χ3n) is 2.02. The molecule has 2 aromatic rings. The number of aromatic nitrogens is 3. The third kappa shape index (κ3) is 1.37. The first kappa shape index (κ1) is 9.45. The second-order valence-corrected chi connectivity index (χ2v) is 4.38. The van der Waals surface area contributed by atoms with Gasteiger partial charge >= 0.3 is 0 Å². The Bertz CT molecular complexity index is 475. The molecule has 0 atom stereocenters. The molecule has 2 N–H and O–H groups in total. The van der Waals surface area contributed by atoms with Crippen molar-refractivity contribution in [3.63, 3.8) is 0 Å². The van der Waals surface area contributed by atoms with E-state index in [-0.39, 0.29) is 0 Å². The summed E-state index contributed by atoms with van der Waals surface area (Å²) in [6, 6.07) is 1.83. The first-order valence-electron chi connectivity index (χ1n) is 4.39. The van der Waals surface area contributed by atoms with Crippen molar-refractivity contribution in [3.05, 3.63) is 22.6 Å². The molecule has 0 radical (unpaired) electrons. The molecular formula is C9H11BrN4. The largest absolute Gasteiger partial charge is 0.397 e. The average molecular weight is 255 g/mol. The fourth-order valence-electron chi connectivity index (χ4n) is 1.38. The summed E-state index contributed by atoms with van der Waals surface area (Å²) in [6.07, 6.45) is 1.84. The maximum Gasteiger partial charge on any atom is 0.175 e. The van der Waals surface area contributed by atoms with Crippen LogP contribution in [0.5, 0.6) is 0 Å². The van der Waals surface area contributed by atoms with Crippen LogP contribution in [0.15, 0.2) is 16.7 Å². The second-order valence-electron chi connectivity index (χ2n) is 3.53. The number of hydrogen-bond donors (Lipinski definition) is 1. The van der Waals surface area contributed by atoms with Gasteiger partial charge in [-0.2, -0.15) is 0 Å². The summed E-state index contributed by atoms with van der Waals surface area (Å²) in [5.41, 5.74) is 7.25. The highest BCUT2D eigenvalue weighted by Crippen LogP contribution is 2.22. The summed E-state index contributed by atoms with van der Waals surface area (Å²) in [5, 5.41) is 8.22. The molecule has 0 saturated heterocycles. The fraction of sp³-hybridized carbons (Fsp3) is 0.333. The van der Waals surface area contributed by atoms with Gasteiger partial charge in [-0.1, -0.05) is 13.8 Å². The van der Waals surface area contributed by atoms with Gasteiger partial charge in [0.1, 0.15) is 5.82 Å². The minimum absolute atomic E-state index is 0.332. The van der Waals surface area contributed by atoms with Gasteiger partial charge in [-0.05, 0) is 22.0 Å². The highest BCUT2D eigenvalue weighted by Gasteiger charge is 2.11. The maximum atomic E-state index is 5.75. The standard InChI is InChI=1S/C9H11BrN4/c1-5(2)8-12-13-9-7(10)3-6(11)4-14(8)9/h3-5H,11H2,1-2H3. The van der Waals surface area contributed by atoms with Crippen LogP contribution in [0.2, 0.25) is 0 Å². The van der Waals surface area contributed by atoms with Crippen molar-refractivity contribution in [2.45, 2.75) is 19.8 Å². The Labute approximate surface area is 90.3 Å². The number of fused-ring (bicyclic) bond motifs is 1. The van der Waals surface area contributed by atoms with Crippen molar-refractivity contribution in [2.75, 3.05) is 5.73 Å². The van der Waals surface area contributed by atoms with Gasteiger partial charge in [0.05, 0.1) is 4.47 Å². The van der Waals surface area contributed by atoms with Crippen molar-refractivity contribution >= 4 is 27.3 Å². The van der Waals surface area contributed by atoms with Crippen LogP contribution >= 0.6 is 15.9 Å². The Kier molecular flexibility index (Phi) is 2.19. The zero-order valence-corrected chi connectivity index (χ0v) is 9.62. The fourth-order valence-corrected chi connectivity index (χ4v) is 1.92. The lowest BCUT2D eigenvalue weighted by molar-refractivity contribution is 0.759. The van der Waals surface area contributed by atoms with Crippen LogP contribution in [0.1, 0.15) is 25.6 Å². The van der Waals surface area contributed by atoms with Gasteiger partial charge < -0.3 is 5.73 Å². The zero-order chi connectivity index (χ0) is 10.3. The summed E-state index contributed by atoms with van der Waals surface area (Å²) in [5.74, 6) is 1.26. The van der Waals surface area contributed by atoms with Gasteiger partial charge in [-0.3, -0.25) is 4.40 Å². The van der Waals surface area contributed by atoms with Crippen LogP contribution < -0.4 is 5.73 Å². The molecule has 0 fully saturated rings. The number of anilines is 1. The first-order valence-corrected chi connectivity index (χ1v) is 5.18. The van der Waals surface area contributed by atoms with Crippen LogP contribution in [-0.2, 0) is 0 Å². The molecule has 4 nitrogen and oxygen atoms in total. The quantitative estimate of drug-likeness (QED) is 0.849. The molecule has 2 heterocycles. The zero-order valence-electron chi connectivity index (χ0n) is 8.03. The number of hydrogen-bond acceptors (Lipinski definition) is 3. The van der Waals surface area contributed by atoms with E-state index in [1.807, 2.05) is 16.7 Å². The molecule has 0 unspecified atom stereocenters. The molecule has 0 bridgehead atoms. The summed E-state index contributed by atoms with van der Waals surface area (Å²) < 4.78 is 2.79. The molecule has 2 aromatic heterocycles. The maximum absolute atomic E-state index is 5.75. The number of nitrogens with two attached hydrogens (primary N) is 1. The summed E-state index contributed by atoms with van der Waals surface area (Å²) in [6.45, 7) is 4.15. The molecule has 2 rings (SSSR count). The van der Waals surface area contributed by atoms with Crippen molar-refractivity contribution in [1.29, 1.82) is 0 Å². The Hall–Kier alpha value is -1.10. The molecule has 0 aliphatic carbocycles. The number of rotatable bonds is 1. The number of nitrogens with zero attached hydrogens (tertiary/aromatic N) is 3. The van der Waals surface area contributed by atoms with E-state index in [4.69, 9.17) is 5.73 Å². The lowest BCUT2D eigenvalue weighted by Crippen LogP contribution is -1.98. The molecule has 5 heteroatoms. The molecule has 0 saturated carbocycles. The van der Waals surface area contributed by atoms with Crippen LogP contribution in [0.3, 0.4) is 0 Å². The Balaban J connectivity index is 2.78. The van der Waals surface area contributed by atoms with Gasteiger partial charge in [0.15, 0.2) is 5.65 Å². The van der Waals surface area contributed by atoms with Gasteiger partial charge in [-0.25, -0.2) is 0 Å². The van der Waals surface area contributed by atoms with E-state index in [9.17, 15) is 0 Å². The van der Waals surface area contributed by atoms with Crippen molar-refractivity contribution in [1.82, 2.24) is 14.6 Å². The Morgan fingerprint density at radius 3 is 2.79 bits per heavy atom. The SMILES string of the molecule is CC(C)c1nnc2c(Br)cc(N)cn12. The topological polar surface area (TPSA) is 56.2 Å². The van der Waals surface area contributed by atoms with E-state index in [1.165, 1.54) is 0 Å². The number of pyridine rings is 1. The van der Waals surface area contributed by atoms with E-state index in [0.29, 0.717) is 11.6 Å². The summed E-state index contributed by atoms with van der Waals surface area (Å²) in [7, 11) is 0. The highest BCUT2D eigenvalue weighted by molar-refractivity contribution is 9.10. The highest BCUT2D eigenvalue weighted by atomic mass is 79.9. The van der Waals surface area contributed by atoms with E-state index in [1.54, 1.807) is 0 Å². The minimum atomic E-state index is 0.332. The van der Waals surface area contributed by atoms with E-state index >= 15 is 0 Å². The monoisotopic (exact) mass is 254 g/mol. The molecule has 0 aromatic carbocycles. The van der Waals surface area contributed by atoms with Crippen molar-refractivity contribution in [3.8, 4) is 0 Å². The number of nitrogen functional groups attached to an aromatic ring is 1. The van der Waals surface area contributed by atoms with Crippen LogP contribution in [0.25, 0.3) is 5.65 Å². The molecule has 74 valence electrons. The lowest BCUT2D eigenvalue weighted by atomic mass is 10.2.